The summed E-state index contributed by atoms with van der Waals surface area (Å²) in [6, 6.07) is 0. The SMILES string of the molecule is CCF.CCOP(=O)(OCC)SCCN(CC)CC.N. The van der Waals surface area contributed by atoms with Crippen LogP contribution >= 0.6 is 18.2 Å². The average Bonchev–Trinajstić information content (AvgIpc) is 2.36. The molecule has 0 saturated carbocycles. The van der Waals surface area contributed by atoms with Gasteiger partial charge in [0.1, 0.15) is 0 Å². The number of nitrogens with zero attached hydrogens (tertiary/aromatic N) is 1. The molecule has 0 aromatic heterocycles. The summed E-state index contributed by atoms with van der Waals surface area (Å²) in [5.74, 6) is 0.777. The summed E-state index contributed by atoms with van der Waals surface area (Å²) in [7, 11) is 0. The number of alkyl halides is 1. The maximum Gasteiger partial charge on any atom is 0.389 e. The van der Waals surface area contributed by atoms with Crippen molar-refractivity contribution in [3.8, 4) is 0 Å². The molecular formula is C12H32FN2O3PS. The van der Waals surface area contributed by atoms with E-state index in [-0.39, 0.29) is 12.8 Å². The molecule has 3 N–H and O–H groups in total. The fraction of sp³-hybridized carbons (Fsp3) is 1.00. The molecule has 5 nitrogen and oxygen atoms in total. The van der Waals surface area contributed by atoms with Crippen LogP contribution in [0.4, 0.5) is 4.39 Å². The van der Waals surface area contributed by atoms with Gasteiger partial charge in [0.25, 0.3) is 0 Å². The third kappa shape index (κ3) is 14.8. The lowest BCUT2D eigenvalue weighted by molar-refractivity contribution is 0.236. The Bertz CT molecular complexity index is 225. The van der Waals surface area contributed by atoms with Crippen LogP contribution < -0.4 is 6.15 Å². The molecule has 0 unspecified atom stereocenters. The van der Waals surface area contributed by atoms with Crippen molar-refractivity contribution in [2.45, 2.75) is 34.6 Å². The lowest BCUT2D eigenvalue weighted by atomic mass is 10.5. The molecule has 0 aromatic carbocycles. The quantitative estimate of drug-likeness (QED) is 0.598. The lowest BCUT2D eigenvalue weighted by Crippen LogP contribution is -2.25. The Morgan fingerprint density at radius 3 is 1.75 bits per heavy atom. The van der Waals surface area contributed by atoms with Crippen LogP contribution in [0.25, 0.3) is 0 Å². The van der Waals surface area contributed by atoms with Gasteiger partial charge in [-0.15, -0.1) is 0 Å². The topological polar surface area (TPSA) is 73.8 Å². The third-order valence-corrected chi connectivity index (χ3v) is 6.08. The molecule has 0 fully saturated rings. The fourth-order valence-electron chi connectivity index (χ4n) is 1.25. The molecule has 0 bridgehead atoms. The molecule has 0 aliphatic carbocycles. The van der Waals surface area contributed by atoms with Gasteiger partial charge in [-0.3, -0.25) is 4.39 Å². The van der Waals surface area contributed by atoms with Gasteiger partial charge in [-0.05, 0) is 45.2 Å². The van der Waals surface area contributed by atoms with Gasteiger partial charge < -0.3 is 20.1 Å². The fourth-order valence-corrected chi connectivity index (χ4v) is 4.66. The normalized spacial score (nSPS) is 10.8. The van der Waals surface area contributed by atoms with Crippen molar-refractivity contribution in [1.82, 2.24) is 11.1 Å². The van der Waals surface area contributed by atoms with Crippen LogP contribution in [0.2, 0.25) is 0 Å². The molecular weight excluding hydrogens is 302 g/mol. The van der Waals surface area contributed by atoms with E-state index >= 15 is 0 Å². The second kappa shape index (κ2) is 17.4. The van der Waals surface area contributed by atoms with Crippen molar-refractivity contribution in [2.75, 3.05) is 45.3 Å². The molecule has 0 aliphatic heterocycles. The number of hydrogen-bond acceptors (Lipinski definition) is 6. The minimum absolute atomic E-state index is 0. The van der Waals surface area contributed by atoms with Gasteiger partial charge in [0.15, 0.2) is 0 Å². The Kier molecular flexibility index (Phi) is 22.0. The number of rotatable bonds is 10. The maximum absolute atomic E-state index is 12.1. The number of halogens is 1. The van der Waals surface area contributed by atoms with Crippen molar-refractivity contribution in [3.63, 3.8) is 0 Å². The zero-order valence-corrected chi connectivity index (χ0v) is 15.3. The Hall–Kier alpha value is 0.350. The van der Waals surface area contributed by atoms with E-state index in [1.165, 1.54) is 18.3 Å². The van der Waals surface area contributed by atoms with E-state index in [0.717, 1.165) is 25.4 Å². The summed E-state index contributed by atoms with van der Waals surface area (Å²) in [5.41, 5.74) is 0. The summed E-state index contributed by atoms with van der Waals surface area (Å²) in [6.07, 6.45) is 0. The average molecular weight is 334 g/mol. The maximum atomic E-state index is 12.1. The van der Waals surface area contributed by atoms with Crippen LogP contribution in [0.3, 0.4) is 0 Å². The summed E-state index contributed by atoms with van der Waals surface area (Å²) in [5, 5.41) is 0. The molecule has 20 heavy (non-hydrogen) atoms. The van der Waals surface area contributed by atoms with Gasteiger partial charge in [-0.25, -0.2) is 4.57 Å². The van der Waals surface area contributed by atoms with Crippen LogP contribution in [-0.2, 0) is 13.6 Å². The van der Waals surface area contributed by atoms with Gasteiger partial charge in [0, 0.05) is 12.3 Å². The van der Waals surface area contributed by atoms with Gasteiger partial charge in [0.05, 0.1) is 19.9 Å². The monoisotopic (exact) mass is 334 g/mol. The van der Waals surface area contributed by atoms with E-state index in [4.69, 9.17) is 9.05 Å². The van der Waals surface area contributed by atoms with Crippen LogP contribution in [0.5, 0.6) is 0 Å². The van der Waals surface area contributed by atoms with Crippen molar-refractivity contribution in [3.05, 3.63) is 0 Å². The molecule has 0 amide bonds. The molecule has 0 saturated heterocycles. The predicted octanol–water partition coefficient (Wildman–Crippen LogP) is 4.38. The molecule has 0 aromatic rings. The van der Waals surface area contributed by atoms with E-state index < -0.39 is 6.80 Å². The first-order chi connectivity index (χ1) is 9.03. The Labute approximate surface area is 127 Å². The predicted molar refractivity (Wildman–Crippen MR) is 87.8 cm³/mol. The minimum Gasteiger partial charge on any atom is -0.344 e. The van der Waals surface area contributed by atoms with E-state index in [9.17, 15) is 8.96 Å². The highest BCUT2D eigenvalue weighted by atomic mass is 32.7. The molecule has 8 heteroatoms. The highest BCUT2D eigenvalue weighted by Gasteiger charge is 2.24. The Balaban J connectivity index is -0.000000657. The van der Waals surface area contributed by atoms with Gasteiger partial charge in [-0.1, -0.05) is 13.8 Å². The van der Waals surface area contributed by atoms with E-state index in [1.54, 1.807) is 0 Å². The van der Waals surface area contributed by atoms with Crippen molar-refractivity contribution >= 4 is 18.2 Å². The van der Waals surface area contributed by atoms with Crippen LogP contribution in [0.15, 0.2) is 0 Å². The standard InChI is InChI=1S/C10H24NO3PS.C2H5F.H3N/c1-5-11(6-2)9-10-16-15(12,13-7-3)14-8-4;1-2-3;/h5-10H2,1-4H3;2H2,1H3;1H3. The summed E-state index contributed by atoms with van der Waals surface area (Å²) >= 11 is 1.30. The molecule has 0 atom stereocenters. The molecule has 0 heterocycles. The third-order valence-electron chi connectivity index (χ3n) is 2.13. The van der Waals surface area contributed by atoms with E-state index in [2.05, 4.69) is 18.7 Å². The van der Waals surface area contributed by atoms with Gasteiger partial charge in [-0.2, -0.15) is 0 Å². The lowest BCUT2D eigenvalue weighted by Gasteiger charge is -2.20. The van der Waals surface area contributed by atoms with Crippen molar-refractivity contribution < 1.29 is 18.0 Å². The molecule has 0 radical (unpaired) electrons. The first-order valence-electron chi connectivity index (χ1n) is 6.85. The van der Waals surface area contributed by atoms with Crippen molar-refractivity contribution in [1.29, 1.82) is 0 Å². The highest BCUT2D eigenvalue weighted by Crippen LogP contribution is 2.60. The van der Waals surface area contributed by atoms with Crippen LogP contribution in [0, 0.1) is 0 Å². The first kappa shape index (κ1) is 25.3. The van der Waals surface area contributed by atoms with E-state index in [0.29, 0.717) is 13.2 Å². The zero-order chi connectivity index (χ0) is 15.1. The Morgan fingerprint density at radius 2 is 1.45 bits per heavy atom. The summed E-state index contributed by atoms with van der Waals surface area (Å²) < 4.78 is 32.8. The minimum atomic E-state index is -2.91. The van der Waals surface area contributed by atoms with Gasteiger partial charge in [0.2, 0.25) is 0 Å². The summed E-state index contributed by atoms with van der Waals surface area (Å²) in [6.45, 7) is 10.0. The summed E-state index contributed by atoms with van der Waals surface area (Å²) in [4.78, 5) is 2.29. The van der Waals surface area contributed by atoms with Crippen molar-refractivity contribution in [2.24, 2.45) is 0 Å². The van der Waals surface area contributed by atoms with Crippen LogP contribution in [0.1, 0.15) is 34.6 Å². The zero-order valence-electron chi connectivity index (χ0n) is 13.6. The second-order valence-electron chi connectivity index (χ2n) is 3.41. The highest BCUT2D eigenvalue weighted by molar-refractivity contribution is 8.55. The smallest absolute Gasteiger partial charge is 0.344 e. The largest absolute Gasteiger partial charge is 0.389 e. The van der Waals surface area contributed by atoms with E-state index in [1.807, 2.05) is 13.8 Å². The first-order valence-corrected chi connectivity index (χ1v) is 9.98. The second-order valence-corrected chi connectivity index (χ2v) is 7.60. The molecule has 126 valence electrons. The Morgan fingerprint density at radius 1 is 1.05 bits per heavy atom. The van der Waals surface area contributed by atoms with Gasteiger partial charge >= 0.3 is 6.80 Å². The molecule has 0 rings (SSSR count). The molecule has 0 spiro atoms. The van der Waals surface area contributed by atoms with Crippen LogP contribution in [-0.4, -0.2) is 50.2 Å². The molecule has 0 aliphatic rings. The number of hydrogen-bond donors (Lipinski definition) is 1.